The molecule has 4 aromatic carbocycles. The summed E-state index contributed by atoms with van der Waals surface area (Å²) in [7, 11) is 2.10. The number of hydrogen-bond acceptors (Lipinski definition) is 2. The van der Waals surface area contributed by atoms with Crippen molar-refractivity contribution in [2.75, 3.05) is 0 Å². The number of aryl methyl sites for hydroxylation is 2. The fourth-order valence-corrected chi connectivity index (χ4v) is 7.87. The third-order valence-electron chi connectivity index (χ3n) is 7.67. The van der Waals surface area contributed by atoms with Gasteiger partial charge in [0.1, 0.15) is 0 Å². The Morgan fingerprint density at radius 2 is 1.38 bits per heavy atom. The monoisotopic (exact) mass is 569 g/mol. The average molecular weight is 568 g/mol. The van der Waals surface area contributed by atoms with Gasteiger partial charge in [-0.05, 0) is 0 Å². The van der Waals surface area contributed by atoms with Gasteiger partial charge >= 0.3 is 203 Å². The molecule has 190 valence electrons. The first-order valence-electron chi connectivity index (χ1n) is 13.3. The van der Waals surface area contributed by atoms with Crippen molar-refractivity contribution in [3.05, 3.63) is 108 Å². The summed E-state index contributed by atoms with van der Waals surface area (Å²) < 4.78 is 10.5. The van der Waals surface area contributed by atoms with Crippen LogP contribution in [0.4, 0.5) is 0 Å². The van der Waals surface area contributed by atoms with E-state index in [0.29, 0.717) is 5.56 Å². The Bertz CT molecular complexity index is 1920. The van der Waals surface area contributed by atoms with Crippen molar-refractivity contribution < 1.29 is 8.98 Å². The molecule has 0 radical (unpaired) electrons. The van der Waals surface area contributed by atoms with E-state index in [-0.39, 0.29) is 0 Å². The Hall–Kier alpha value is -4.14. The van der Waals surface area contributed by atoms with Gasteiger partial charge in [0.15, 0.2) is 0 Å². The van der Waals surface area contributed by atoms with E-state index in [1.165, 1.54) is 9.96 Å². The molecule has 0 fully saturated rings. The first kappa shape index (κ1) is 25.2. The van der Waals surface area contributed by atoms with E-state index in [1.807, 2.05) is 30.3 Å². The van der Waals surface area contributed by atoms with Crippen LogP contribution in [0.5, 0.6) is 0 Å². The second kappa shape index (κ2) is 9.56. The molecule has 39 heavy (non-hydrogen) atoms. The van der Waals surface area contributed by atoms with E-state index in [4.69, 9.17) is 4.42 Å². The Morgan fingerprint density at radius 3 is 2.10 bits per heavy atom. The quantitative estimate of drug-likeness (QED) is 0.159. The van der Waals surface area contributed by atoms with Gasteiger partial charge in [0, 0.05) is 0 Å². The van der Waals surface area contributed by atoms with Crippen molar-refractivity contribution >= 4 is 39.6 Å². The van der Waals surface area contributed by atoms with Crippen molar-refractivity contribution in [1.29, 1.82) is 5.26 Å². The second-order valence-corrected chi connectivity index (χ2v) is 22.0. The first-order chi connectivity index (χ1) is 18.8. The molecule has 0 N–H and O–H groups in total. The zero-order valence-corrected chi connectivity index (χ0v) is 25.1. The molecule has 4 heteroatoms. The molecular formula is C35H31GeN2O+. The summed E-state index contributed by atoms with van der Waals surface area (Å²) in [4.78, 5) is 0. The van der Waals surface area contributed by atoms with E-state index >= 15 is 0 Å². The van der Waals surface area contributed by atoms with Gasteiger partial charge in [0.25, 0.3) is 0 Å². The molecular weight excluding hydrogens is 537 g/mol. The standard InChI is InChI=1S/C35H31GeN2O/c1-23-14-16-29-30-17-15-27(22-37)33(26-13-9-12-25(20-26)24-10-7-6-8-11-24)35(30)39-34(29)32(23)31-21-28(36(2,3)4)18-19-38(31)5/h6-21H,1-5H3/q+1. The maximum atomic E-state index is 10.1. The van der Waals surface area contributed by atoms with Crippen LogP contribution in [0.1, 0.15) is 11.1 Å². The third kappa shape index (κ3) is 4.35. The topological polar surface area (TPSA) is 40.8 Å². The Morgan fingerprint density at radius 1 is 0.718 bits per heavy atom. The van der Waals surface area contributed by atoms with Crippen molar-refractivity contribution in [2.45, 2.75) is 24.2 Å². The third-order valence-corrected chi connectivity index (χ3v) is 12.0. The van der Waals surface area contributed by atoms with Crippen LogP contribution in [0.2, 0.25) is 17.3 Å². The van der Waals surface area contributed by atoms with Crippen molar-refractivity contribution in [3.8, 4) is 39.6 Å². The Balaban J connectivity index is 1.65. The number of nitrogens with zero attached hydrogens (tertiary/aromatic N) is 2. The molecule has 0 saturated carbocycles. The minimum atomic E-state index is -2.06. The summed E-state index contributed by atoms with van der Waals surface area (Å²) in [5, 5.41) is 12.2. The van der Waals surface area contributed by atoms with Gasteiger partial charge in [-0.25, -0.2) is 0 Å². The van der Waals surface area contributed by atoms with Gasteiger partial charge in [-0.1, -0.05) is 30.3 Å². The molecule has 0 bridgehead atoms. The molecule has 0 aliphatic heterocycles. The van der Waals surface area contributed by atoms with E-state index < -0.39 is 13.3 Å². The van der Waals surface area contributed by atoms with Crippen LogP contribution in [-0.2, 0) is 7.05 Å². The summed E-state index contributed by atoms with van der Waals surface area (Å²) in [5.74, 6) is 7.27. The van der Waals surface area contributed by atoms with E-state index in [0.717, 1.165) is 55.4 Å². The molecule has 0 spiro atoms. The number of pyridine rings is 1. The van der Waals surface area contributed by atoms with E-state index in [1.54, 1.807) is 0 Å². The van der Waals surface area contributed by atoms with Gasteiger partial charge in [-0.3, -0.25) is 0 Å². The van der Waals surface area contributed by atoms with Gasteiger partial charge in [0.05, 0.1) is 0 Å². The number of rotatable bonds is 4. The number of aromatic nitrogens is 1. The predicted octanol–water partition coefficient (Wildman–Crippen LogP) is 8.14. The molecule has 3 nitrogen and oxygen atoms in total. The second-order valence-electron chi connectivity index (χ2n) is 11.3. The Kier molecular flexibility index (Phi) is 6.16. The number of benzene rings is 4. The van der Waals surface area contributed by atoms with Crippen molar-refractivity contribution in [1.82, 2.24) is 0 Å². The van der Waals surface area contributed by atoms with Crippen LogP contribution in [0, 0.1) is 18.3 Å². The number of furan rings is 1. The molecule has 0 atom stereocenters. The molecule has 6 rings (SSSR count). The summed E-state index contributed by atoms with van der Waals surface area (Å²) in [6.07, 6.45) is 2.18. The zero-order valence-electron chi connectivity index (χ0n) is 23.0. The van der Waals surface area contributed by atoms with Crippen LogP contribution < -0.4 is 8.96 Å². The fourth-order valence-electron chi connectivity index (χ4n) is 5.47. The maximum absolute atomic E-state index is 10.1. The number of hydrogen-bond donors (Lipinski definition) is 0. The van der Waals surface area contributed by atoms with Gasteiger partial charge in [-0.2, -0.15) is 0 Å². The molecule has 0 aliphatic carbocycles. The van der Waals surface area contributed by atoms with Crippen molar-refractivity contribution in [2.24, 2.45) is 7.05 Å². The average Bonchev–Trinajstić information content (AvgIpc) is 3.31. The Labute approximate surface area is 232 Å². The van der Waals surface area contributed by atoms with Crippen LogP contribution in [-0.4, -0.2) is 13.3 Å². The van der Waals surface area contributed by atoms with Gasteiger partial charge in [-0.15, -0.1) is 0 Å². The SMILES string of the molecule is Cc1ccc2c(oc3c(-c4cccc(-c5ccccc5)c4)c(C#N)ccc32)c1-c1c[c]([Ge]([CH3])([CH3])[CH3])cc[n+]1C. The molecule has 0 amide bonds. The van der Waals surface area contributed by atoms with E-state index in [9.17, 15) is 5.26 Å². The molecule has 2 aromatic heterocycles. The fraction of sp³-hybridized carbons (Fsp3) is 0.143. The zero-order chi connectivity index (χ0) is 27.3. The summed E-state index contributed by atoms with van der Waals surface area (Å²) in [5.41, 5.74) is 9.75. The van der Waals surface area contributed by atoms with Gasteiger partial charge < -0.3 is 0 Å². The summed E-state index contributed by atoms with van der Waals surface area (Å²) in [6, 6.07) is 34.1. The van der Waals surface area contributed by atoms with Crippen LogP contribution in [0.3, 0.4) is 0 Å². The molecule has 0 saturated heterocycles. The van der Waals surface area contributed by atoms with Gasteiger partial charge in [0.2, 0.25) is 0 Å². The normalized spacial score (nSPS) is 11.7. The van der Waals surface area contributed by atoms with E-state index in [2.05, 4.69) is 109 Å². The molecule has 0 unspecified atom stereocenters. The first-order valence-corrected chi connectivity index (χ1v) is 20.7. The summed E-state index contributed by atoms with van der Waals surface area (Å²) >= 11 is -2.06. The molecule has 0 aliphatic rings. The molecule has 2 heterocycles. The van der Waals surface area contributed by atoms with Crippen molar-refractivity contribution in [3.63, 3.8) is 0 Å². The summed E-state index contributed by atoms with van der Waals surface area (Å²) in [6.45, 7) is 2.15. The predicted molar refractivity (Wildman–Crippen MR) is 164 cm³/mol. The number of nitriles is 1. The number of fused-ring (bicyclic) bond motifs is 3. The minimum absolute atomic E-state index is 0.610. The van der Waals surface area contributed by atoms with Crippen LogP contribution >= 0.6 is 0 Å². The van der Waals surface area contributed by atoms with Crippen LogP contribution in [0.25, 0.3) is 55.4 Å². The molecule has 6 aromatic rings. The van der Waals surface area contributed by atoms with Crippen LogP contribution in [0.15, 0.2) is 102 Å².